The number of nitrogens with zero attached hydrogens (tertiary/aromatic N) is 3. The van der Waals surface area contributed by atoms with E-state index < -0.39 is 10.0 Å². The Morgan fingerprint density at radius 3 is 2.58 bits per heavy atom. The van der Waals surface area contributed by atoms with E-state index in [0.717, 1.165) is 38.6 Å². The van der Waals surface area contributed by atoms with E-state index in [1.54, 1.807) is 17.4 Å². The van der Waals surface area contributed by atoms with Crippen LogP contribution in [0.3, 0.4) is 0 Å². The van der Waals surface area contributed by atoms with Gasteiger partial charge in [0, 0.05) is 32.2 Å². The Labute approximate surface area is 188 Å². The Morgan fingerprint density at radius 1 is 1.00 bits per heavy atom. The lowest BCUT2D eigenvalue weighted by atomic mass is 10.1. The number of sulfonamides is 1. The molecule has 0 N–H and O–H groups in total. The highest BCUT2D eigenvalue weighted by Gasteiger charge is 2.33. The lowest BCUT2D eigenvalue weighted by molar-refractivity contribution is -0.133. The molecule has 0 saturated carbocycles. The number of carbonyl (C=O) groups is 1. The number of rotatable bonds is 5. The highest BCUT2D eigenvalue weighted by molar-refractivity contribution is 7.89. The van der Waals surface area contributed by atoms with Gasteiger partial charge in [-0.1, -0.05) is 6.07 Å². The zero-order chi connectivity index (χ0) is 21.4. The van der Waals surface area contributed by atoms with Crippen molar-refractivity contribution < 1.29 is 13.2 Å². The van der Waals surface area contributed by atoms with Gasteiger partial charge in [0.25, 0.3) is 0 Å². The van der Waals surface area contributed by atoms with Gasteiger partial charge in [0.1, 0.15) is 0 Å². The standard InChI is InChI=1S/C23H29N3O3S2/c27-23(16-25-9-2-5-22(25)20-8-14-30-17-20)24-10-12-26(13-11-24)31(28,29)21-7-6-18-3-1-4-19(18)15-21/h6-8,14-15,17,22H,1-5,9-13,16H2. The van der Waals surface area contributed by atoms with Crippen molar-refractivity contribution in [2.75, 3.05) is 39.3 Å². The quantitative estimate of drug-likeness (QED) is 0.690. The zero-order valence-corrected chi connectivity index (χ0v) is 19.3. The fraction of sp³-hybridized carbons (Fsp3) is 0.522. The highest BCUT2D eigenvalue weighted by Crippen LogP contribution is 2.33. The van der Waals surface area contributed by atoms with Gasteiger partial charge in [-0.15, -0.1) is 0 Å². The number of fused-ring (bicyclic) bond motifs is 1. The topological polar surface area (TPSA) is 60.9 Å². The zero-order valence-electron chi connectivity index (χ0n) is 17.7. The third-order valence-corrected chi connectivity index (χ3v) is 9.53. The molecular formula is C23H29N3O3S2. The number of hydrogen-bond donors (Lipinski definition) is 0. The molecule has 5 rings (SSSR count). The monoisotopic (exact) mass is 459 g/mol. The first-order chi connectivity index (χ1) is 15.0. The SMILES string of the molecule is O=C(CN1CCCC1c1ccsc1)N1CCN(S(=O)(=O)c2ccc3c(c2)CCC3)CC1. The number of carbonyl (C=O) groups excluding carboxylic acids is 1. The van der Waals surface area contributed by atoms with Gasteiger partial charge >= 0.3 is 0 Å². The van der Waals surface area contributed by atoms with Crippen molar-refractivity contribution in [3.8, 4) is 0 Å². The van der Waals surface area contributed by atoms with E-state index in [-0.39, 0.29) is 5.91 Å². The molecule has 3 aliphatic rings. The first kappa shape index (κ1) is 21.1. The van der Waals surface area contributed by atoms with Gasteiger partial charge in [0.05, 0.1) is 11.4 Å². The second kappa shape index (κ2) is 8.65. The molecule has 1 aromatic heterocycles. The van der Waals surface area contributed by atoms with Crippen molar-refractivity contribution in [2.45, 2.75) is 43.0 Å². The Kier molecular flexibility index (Phi) is 5.90. The summed E-state index contributed by atoms with van der Waals surface area (Å²) < 4.78 is 27.8. The second-order valence-corrected chi connectivity index (χ2v) is 11.5. The molecule has 166 valence electrons. The van der Waals surface area contributed by atoms with Crippen LogP contribution in [0, 0.1) is 0 Å². The van der Waals surface area contributed by atoms with Crippen molar-refractivity contribution in [2.24, 2.45) is 0 Å². The van der Waals surface area contributed by atoms with E-state index in [9.17, 15) is 13.2 Å². The average molecular weight is 460 g/mol. The summed E-state index contributed by atoms with van der Waals surface area (Å²) in [7, 11) is -3.51. The predicted octanol–water partition coefficient (Wildman–Crippen LogP) is 2.91. The first-order valence-electron chi connectivity index (χ1n) is 11.2. The molecule has 2 aromatic rings. The van der Waals surface area contributed by atoms with Crippen LogP contribution in [0.2, 0.25) is 0 Å². The number of aryl methyl sites for hydroxylation is 2. The van der Waals surface area contributed by atoms with Gasteiger partial charge in [-0.2, -0.15) is 15.6 Å². The number of benzene rings is 1. The molecule has 8 heteroatoms. The average Bonchev–Trinajstić information content (AvgIpc) is 3.54. The van der Waals surface area contributed by atoms with E-state index in [1.165, 1.54) is 21.0 Å². The lowest BCUT2D eigenvalue weighted by Crippen LogP contribution is -2.52. The summed E-state index contributed by atoms with van der Waals surface area (Å²) in [5.41, 5.74) is 3.75. The molecule has 1 amide bonds. The van der Waals surface area contributed by atoms with Crippen LogP contribution in [0.1, 0.15) is 42.0 Å². The minimum atomic E-state index is -3.51. The van der Waals surface area contributed by atoms with E-state index in [4.69, 9.17) is 0 Å². The van der Waals surface area contributed by atoms with Gasteiger partial charge in [-0.3, -0.25) is 9.69 Å². The molecule has 2 fully saturated rings. The van der Waals surface area contributed by atoms with Crippen LogP contribution in [0.4, 0.5) is 0 Å². The summed E-state index contributed by atoms with van der Waals surface area (Å²) in [4.78, 5) is 17.4. The molecule has 2 saturated heterocycles. The van der Waals surface area contributed by atoms with Crippen LogP contribution in [0.5, 0.6) is 0 Å². The number of thiophene rings is 1. The van der Waals surface area contributed by atoms with E-state index in [0.29, 0.717) is 43.7 Å². The Bertz CT molecular complexity index is 1040. The maximum atomic E-state index is 13.1. The molecule has 1 atom stereocenters. The molecule has 1 unspecified atom stereocenters. The van der Waals surface area contributed by atoms with E-state index in [2.05, 4.69) is 21.7 Å². The third kappa shape index (κ3) is 4.18. The molecule has 3 heterocycles. The van der Waals surface area contributed by atoms with Crippen LogP contribution in [0.25, 0.3) is 0 Å². The van der Waals surface area contributed by atoms with Crippen molar-refractivity contribution >= 4 is 27.3 Å². The van der Waals surface area contributed by atoms with Crippen LogP contribution in [-0.2, 0) is 27.7 Å². The fourth-order valence-electron chi connectivity index (χ4n) is 5.17. The van der Waals surface area contributed by atoms with Crippen LogP contribution in [-0.4, -0.2) is 67.7 Å². The molecule has 0 bridgehead atoms. The van der Waals surface area contributed by atoms with Crippen LogP contribution in [0.15, 0.2) is 39.9 Å². The van der Waals surface area contributed by atoms with Crippen molar-refractivity contribution in [1.82, 2.24) is 14.1 Å². The Morgan fingerprint density at radius 2 is 1.81 bits per heavy atom. The van der Waals surface area contributed by atoms with E-state index >= 15 is 0 Å². The predicted molar refractivity (Wildman–Crippen MR) is 122 cm³/mol. The minimum absolute atomic E-state index is 0.108. The van der Waals surface area contributed by atoms with Crippen LogP contribution < -0.4 is 0 Å². The molecule has 1 aromatic carbocycles. The summed E-state index contributed by atoms with van der Waals surface area (Å²) >= 11 is 1.70. The van der Waals surface area contributed by atoms with Gasteiger partial charge in [-0.25, -0.2) is 8.42 Å². The van der Waals surface area contributed by atoms with Gasteiger partial charge in [0.15, 0.2) is 0 Å². The summed E-state index contributed by atoms with van der Waals surface area (Å²) in [5, 5.41) is 4.27. The van der Waals surface area contributed by atoms with Gasteiger partial charge in [-0.05, 0) is 84.3 Å². The summed E-state index contributed by atoms with van der Waals surface area (Å²) in [5.74, 6) is 0.108. The summed E-state index contributed by atoms with van der Waals surface area (Å²) in [6.07, 6.45) is 5.31. The molecule has 31 heavy (non-hydrogen) atoms. The largest absolute Gasteiger partial charge is 0.339 e. The number of piperazine rings is 1. The van der Waals surface area contributed by atoms with Crippen molar-refractivity contribution in [1.29, 1.82) is 0 Å². The van der Waals surface area contributed by atoms with Crippen LogP contribution >= 0.6 is 11.3 Å². The molecule has 6 nitrogen and oxygen atoms in total. The minimum Gasteiger partial charge on any atom is -0.339 e. The smallest absolute Gasteiger partial charge is 0.243 e. The first-order valence-corrected chi connectivity index (χ1v) is 13.6. The summed E-state index contributed by atoms with van der Waals surface area (Å²) in [6, 6.07) is 8.05. The third-order valence-electron chi connectivity index (χ3n) is 6.93. The highest BCUT2D eigenvalue weighted by atomic mass is 32.2. The molecular weight excluding hydrogens is 430 g/mol. The number of hydrogen-bond acceptors (Lipinski definition) is 5. The molecule has 0 spiro atoms. The van der Waals surface area contributed by atoms with Crippen molar-refractivity contribution in [3.63, 3.8) is 0 Å². The number of amides is 1. The maximum Gasteiger partial charge on any atom is 0.243 e. The fourth-order valence-corrected chi connectivity index (χ4v) is 7.35. The van der Waals surface area contributed by atoms with Crippen molar-refractivity contribution in [3.05, 3.63) is 51.7 Å². The normalized spacial score (nSPS) is 22.7. The van der Waals surface area contributed by atoms with Gasteiger partial charge < -0.3 is 4.90 Å². The lowest BCUT2D eigenvalue weighted by Gasteiger charge is -2.35. The molecule has 2 aliphatic heterocycles. The van der Waals surface area contributed by atoms with E-state index in [1.807, 2.05) is 17.0 Å². The summed E-state index contributed by atoms with van der Waals surface area (Å²) in [6.45, 7) is 3.00. The second-order valence-electron chi connectivity index (χ2n) is 8.75. The molecule has 1 aliphatic carbocycles. The van der Waals surface area contributed by atoms with Gasteiger partial charge in [0.2, 0.25) is 15.9 Å². The number of likely N-dealkylation sites (tertiary alicyclic amines) is 1. The maximum absolute atomic E-state index is 13.1. The molecule has 0 radical (unpaired) electrons. The Hall–Kier alpha value is -1.74. The Balaban J connectivity index is 1.19.